The summed E-state index contributed by atoms with van der Waals surface area (Å²) in [4.78, 5) is 22.5. The van der Waals surface area contributed by atoms with E-state index in [0.717, 1.165) is 5.56 Å². The number of aromatic hydroxyl groups is 1. The first-order chi connectivity index (χ1) is 8.69. The average molecular weight is 265 g/mol. The Hall–Kier alpha value is -2.04. The predicted molar refractivity (Wildman–Crippen MR) is 72.1 cm³/mol. The maximum absolute atomic E-state index is 11.8. The van der Waals surface area contributed by atoms with Gasteiger partial charge in [-0.2, -0.15) is 0 Å². The average Bonchev–Trinajstić information content (AvgIpc) is 2.20. The number of hydrogen-bond acceptors (Lipinski definition) is 3. The summed E-state index contributed by atoms with van der Waals surface area (Å²) >= 11 is 0. The van der Waals surface area contributed by atoms with Crippen LogP contribution in [0.5, 0.6) is 5.75 Å². The SMILES string of the molecule is Cc1ccc(NC(=O)CC(C)(C)CC(=O)O)cc1O. The fraction of sp³-hybridized carbons (Fsp3) is 0.429. The van der Waals surface area contributed by atoms with E-state index in [0.29, 0.717) is 5.69 Å². The molecule has 0 fully saturated rings. The minimum atomic E-state index is -0.925. The number of carboxylic acid groups (broad SMARTS) is 1. The van der Waals surface area contributed by atoms with E-state index in [1.54, 1.807) is 32.9 Å². The first kappa shape index (κ1) is 15.0. The van der Waals surface area contributed by atoms with Crippen molar-refractivity contribution in [3.05, 3.63) is 23.8 Å². The summed E-state index contributed by atoms with van der Waals surface area (Å²) in [7, 11) is 0. The highest BCUT2D eigenvalue weighted by Crippen LogP contribution is 2.26. The van der Waals surface area contributed by atoms with Gasteiger partial charge in [0.1, 0.15) is 5.75 Å². The second-order valence-electron chi connectivity index (χ2n) is 5.46. The number of anilines is 1. The molecule has 0 saturated carbocycles. The fourth-order valence-corrected chi connectivity index (χ4v) is 1.80. The number of aryl methyl sites for hydroxylation is 1. The summed E-state index contributed by atoms with van der Waals surface area (Å²) in [5.74, 6) is -1.08. The molecule has 5 nitrogen and oxygen atoms in total. The molecule has 5 heteroatoms. The highest BCUT2D eigenvalue weighted by Gasteiger charge is 2.25. The Morgan fingerprint density at radius 2 is 1.89 bits per heavy atom. The summed E-state index contributed by atoms with van der Waals surface area (Å²) in [6.45, 7) is 5.22. The van der Waals surface area contributed by atoms with Crippen molar-refractivity contribution in [3.63, 3.8) is 0 Å². The molecule has 0 unspecified atom stereocenters. The van der Waals surface area contributed by atoms with Gasteiger partial charge in [0.15, 0.2) is 0 Å². The van der Waals surface area contributed by atoms with Crippen LogP contribution in [0, 0.1) is 12.3 Å². The number of rotatable bonds is 5. The number of benzene rings is 1. The van der Waals surface area contributed by atoms with Gasteiger partial charge in [-0.25, -0.2) is 0 Å². The zero-order valence-corrected chi connectivity index (χ0v) is 11.4. The Bertz CT molecular complexity index is 494. The van der Waals surface area contributed by atoms with Crippen LogP contribution in [0.15, 0.2) is 18.2 Å². The van der Waals surface area contributed by atoms with Crippen LogP contribution in [0.2, 0.25) is 0 Å². The highest BCUT2D eigenvalue weighted by atomic mass is 16.4. The Morgan fingerprint density at radius 1 is 1.26 bits per heavy atom. The van der Waals surface area contributed by atoms with E-state index < -0.39 is 11.4 Å². The maximum atomic E-state index is 11.8. The molecule has 0 aliphatic carbocycles. The standard InChI is InChI=1S/C14H19NO4/c1-9-4-5-10(6-11(9)16)15-12(17)7-14(2,3)8-13(18)19/h4-6,16H,7-8H2,1-3H3,(H,15,17)(H,18,19). The van der Waals surface area contributed by atoms with Crippen molar-refractivity contribution in [1.82, 2.24) is 0 Å². The number of nitrogens with one attached hydrogen (secondary N) is 1. The zero-order valence-electron chi connectivity index (χ0n) is 11.4. The molecule has 1 rings (SSSR count). The van der Waals surface area contributed by atoms with E-state index in [1.807, 2.05) is 0 Å². The first-order valence-corrected chi connectivity index (χ1v) is 6.01. The summed E-state index contributed by atoms with van der Waals surface area (Å²) in [6.07, 6.45) is 0.0352. The molecule has 0 aliphatic heterocycles. The van der Waals surface area contributed by atoms with Crippen LogP contribution in [0.4, 0.5) is 5.69 Å². The van der Waals surface area contributed by atoms with Gasteiger partial charge in [0, 0.05) is 18.2 Å². The zero-order chi connectivity index (χ0) is 14.6. The molecule has 0 aliphatic rings. The van der Waals surface area contributed by atoms with Gasteiger partial charge in [-0.3, -0.25) is 9.59 Å². The second-order valence-corrected chi connectivity index (χ2v) is 5.46. The molecule has 0 bridgehead atoms. The topological polar surface area (TPSA) is 86.6 Å². The fourth-order valence-electron chi connectivity index (χ4n) is 1.80. The smallest absolute Gasteiger partial charge is 0.303 e. The normalized spacial score (nSPS) is 11.1. The minimum absolute atomic E-state index is 0.0699. The van der Waals surface area contributed by atoms with Crippen LogP contribution in [0.1, 0.15) is 32.3 Å². The molecule has 0 saturated heterocycles. The van der Waals surface area contributed by atoms with Gasteiger partial charge in [0.05, 0.1) is 6.42 Å². The van der Waals surface area contributed by atoms with E-state index in [1.165, 1.54) is 6.07 Å². The lowest BCUT2D eigenvalue weighted by atomic mass is 9.85. The number of carbonyl (C=O) groups excluding carboxylic acids is 1. The van der Waals surface area contributed by atoms with Crippen LogP contribution in [0.25, 0.3) is 0 Å². The molecule has 0 spiro atoms. The summed E-state index contributed by atoms with van der Waals surface area (Å²) in [5, 5.41) is 20.9. The number of aliphatic carboxylic acids is 1. The lowest BCUT2D eigenvalue weighted by Gasteiger charge is -2.21. The largest absolute Gasteiger partial charge is 0.508 e. The number of carboxylic acids is 1. The van der Waals surface area contributed by atoms with Crippen LogP contribution in [0.3, 0.4) is 0 Å². The Balaban J connectivity index is 2.64. The Labute approximate surface area is 112 Å². The molecule has 0 radical (unpaired) electrons. The van der Waals surface area contributed by atoms with Crippen molar-refractivity contribution in [1.29, 1.82) is 0 Å². The molecule has 1 amide bonds. The van der Waals surface area contributed by atoms with E-state index >= 15 is 0 Å². The second kappa shape index (κ2) is 5.73. The Kier molecular flexibility index (Phi) is 4.53. The lowest BCUT2D eigenvalue weighted by Crippen LogP contribution is -2.24. The van der Waals surface area contributed by atoms with Gasteiger partial charge in [-0.05, 0) is 24.0 Å². The predicted octanol–water partition coefficient (Wildman–Crippen LogP) is 2.53. The van der Waals surface area contributed by atoms with Crippen molar-refractivity contribution < 1.29 is 19.8 Å². The summed E-state index contributed by atoms with van der Waals surface area (Å²) in [5.41, 5.74) is 0.617. The van der Waals surface area contributed by atoms with Crippen molar-refractivity contribution in [2.45, 2.75) is 33.6 Å². The highest BCUT2D eigenvalue weighted by molar-refractivity contribution is 5.91. The third kappa shape index (κ3) is 4.99. The van der Waals surface area contributed by atoms with E-state index in [4.69, 9.17) is 5.11 Å². The van der Waals surface area contributed by atoms with Crippen LogP contribution < -0.4 is 5.32 Å². The number of phenols is 1. The number of amides is 1. The molecule has 1 aromatic carbocycles. The molecule has 104 valence electrons. The number of carbonyl (C=O) groups is 2. The van der Waals surface area contributed by atoms with Crippen LogP contribution >= 0.6 is 0 Å². The van der Waals surface area contributed by atoms with Crippen molar-refractivity contribution in [3.8, 4) is 5.75 Å². The molecule has 1 aromatic rings. The number of hydrogen-bond donors (Lipinski definition) is 3. The van der Waals surface area contributed by atoms with E-state index in [-0.39, 0.29) is 24.5 Å². The molecule has 19 heavy (non-hydrogen) atoms. The molecule has 3 N–H and O–H groups in total. The van der Waals surface area contributed by atoms with Gasteiger partial charge in [-0.1, -0.05) is 19.9 Å². The van der Waals surface area contributed by atoms with Crippen molar-refractivity contribution >= 4 is 17.6 Å². The molecule has 0 aromatic heterocycles. The van der Waals surface area contributed by atoms with Crippen LogP contribution in [-0.2, 0) is 9.59 Å². The maximum Gasteiger partial charge on any atom is 0.303 e. The summed E-state index contributed by atoms with van der Waals surface area (Å²) in [6, 6.07) is 4.86. The van der Waals surface area contributed by atoms with Gasteiger partial charge >= 0.3 is 5.97 Å². The molecule has 0 heterocycles. The third-order valence-electron chi connectivity index (χ3n) is 2.76. The molecule has 0 atom stereocenters. The lowest BCUT2D eigenvalue weighted by molar-refractivity contribution is -0.139. The minimum Gasteiger partial charge on any atom is -0.508 e. The first-order valence-electron chi connectivity index (χ1n) is 6.01. The van der Waals surface area contributed by atoms with Gasteiger partial charge in [0.2, 0.25) is 5.91 Å². The van der Waals surface area contributed by atoms with Crippen molar-refractivity contribution in [2.24, 2.45) is 5.41 Å². The monoisotopic (exact) mass is 265 g/mol. The number of phenolic OH excluding ortho intramolecular Hbond substituents is 1. The van der Waals surface area contributed by atoms with Crippen molar-refractivity contribution in [2.75, 3.05) is 5.32 Å². The quantitative estimate of drug-likeness (QED) is 0.763. The third-order valence-corrected chi connectivity index (χ3v) is 2.76. The molecular weight excluding hydrogens is 246 g/mol. The van der Waals surface area contributed by atoms with E-state index in [2.05, 4.69) is 5.32 Å². The van der Waals surface area contributed by atoms with Gasteiger partial charge < -0.3 is 15.5 Å². The van der Waals surface area contributed by atoms with Gasteiger partial charge in [-0.15, -0.1) is 0 Å². The van der Waals surface area contributed by atoms with Crippen LogP contribution in [-0.4, -0.2) is 22.1 Å². The summed E-state index contributed by atoms with van der Waals surface area (Å²) < 4.78 is 0. The van der Waals surface area contributed by atoms with E-state index in [9.17, 15) is 14.7 Å². The Morgan fingerprint density at radius 3 is 2.42 bits per heavy atom. The van der Waals surface area contributed by atoms with Gasteiger partial charge in [0.25, 0.3) is 0 Å². The molecular formula is C14H19NO4.